The number of esters is 1. The molecule has 0 unspecified atom stereocenters. The monoisotopic (exact) mass is 371 g/mol. The Bertz CT molecular complexity index is 615. The molecular formula is C17H22ClNO6. The van der Waals surface area contributed by atoms with Gasteiger partial charge in [0.25, 0.3) is 5.91 Å². The summed E-state index contributed by atoms with van der Waals surface area (Å²) >= 11 is 6.12. The molecule has 1 atom stereocenters. The van der Waals surface area contributed by atoms with Crippen LogP contribution in [0.25, 0.3) is 0 Å². The molecule has 8 heteroatoms. The van der Waals surface area contributed by atoms with Gasteiger partial charge in [0.05, 0.1) is 30.4 Å². The molecule has 0 bridgehead atoms. The second-order valence-corrected chi connectivity index (χ2v) is 5.84. The summed E-state index contributed by atoms with van der Waals surface area (Å²) in [6.45, 7) is 2.98. The van der Waals surface area contributed by atoms with Crippen LogP contribution in [0.3, 0.4) is 0 Å². The molecule has 1 aromatic carbocycles. The van der Waals surface area contributed by atoms with Gasteiger partial charge in [-0.05, 0) is 31.9 Å². The van der Waals surface area contributed by atoms with Gasteiger partial charge >= 0.3 is 5.97 Å². The zero-order valence-corrected chi connectivity index (χ0v) is 15.1. The van der Waals surface area contributed by atoms with E-state index in [2.05, 4.69) is 5.32 Å². The Hall–Kier alpha value is -1.99. The topological polar surface area (TPSA) is 83.1 Å². The molecule has 0 spiro atoms. The zero-order valence-electron chi connectivity index (χ0n) is 14.3. The first-order chi connectivity index (χ1) is 12.0. The smallest absolute Gasteiger partial charge is 0.338 e. The molecule has 1 N–H and O–H groups in total. The largest absolute Gasteiger partial charge is 0.493 e. The first-order valence-corrected chi connectivity index (χ1v) is 8.48. The summed E-state index contributed by atoms with van der Waals surface area (Å²) in [6.07, 6.45) is 1.95. The third kappa shape index (κ3) is 5.51. The predicted octanol–water partition coefficient (Wildman–Crippen LogP) is 2.20. The molecule has 1 aliphatic rings. The number of rotatable bonds is 8. The van der Waals surface area contributed by atoms with Gasteiger partial charge in [-0.15, -0.1) is 0 Å². The summed E-state index contributed by atoms with van der Waals surface area (Å²) in [7, 11) is 1.45. The van der Waals surface area contributed by atoms with Gasteiger partial charge in [0, 0.05) is 13.2 Å². The van der Waals surface area contributed by atoms with Crippen LogP contribution < -0.4 is 14.8 Å². The molecule has 0 saturated carbocycles. The molecule has 25 heavy (non-hydrogen) atoms. The summed E-state index contributed by atoms with van der Waals surface area (Å²) < 4.78 is 21.0. The van der Waals surface area contributed by atoms with Crippen LogP contribution in [0.5, 0.6) is 11.5 Å². The third-order valence-electron chi connectivity index (χ3n) is 3.64. The number of ether oxygens (including phenoxy) is 4. The highest BCUT2D eigenvalue weighted by molar-refractivity contribution is 6.32. The maximum atomic E-state index is 12.1. The van der Waals surface area contributed by atoms with Crippen LogP contribution >= 0.6 is 11.6 Å². The number of carbonyl (C=O) groups is 2. The van der Waals surface area contributed by atoms with Gasteiger partial charge in [-0.3, -0.25) is 4.79 Å². The SMILES string of the molecule is CCOc1c(Cl)cc(C(=O)OCC(=O)NC[C@H]2CCCO2)cc1OC. The number of halogens is 1. The quantitative estimate of drug-likeness (QED) is 0.705. The highest BCUT2D eigenvalue weighted by Crippen LogP contribution is 2.36. The standard InChI is InChI=1S/C17H22ClNO6/c1-3-23-16-13(18)7-11(8-14(16)22-2)17(21)25-10-15(20)19-9-12-5-4-6-24-12/h7-8,12H,3-6,9-10H2,1-2H3,(H,19,20)/t12-/m1/s1. The van der Waals surface area contributed by atoms with Crippen molar-refractivity contribution < 1.29 is 28.5 Å². The second-order valence-electron chi connectivity index (χ2n) is 5.44. The van der Waals surface area contributed by atoms with Gasteiger partial charge in [0.1, 0.15) is 0 Å². The van der Waals surface area contributed by atoms with Gasteiger partial charge in [0.2, 0.25) is 0 Å². The Balaban J connectivity index is 1.89. The van der Waals surface area contributed by atoms with E-state index in [1.807, 2.05) is 6.92 Å². The summed E-state index contributed by atoms with van der Waals surface area (Å²) in [6, 6.07) is 2.88. The molecule has 1 fully saturated rings. The van der Waals surface area contributed by atoms with E-state index in [-0.39, 0.29) is 29.2 Å². The first-order valence-electron chi connectivity index (χ1n) is 8.10. The summed E-state index contributed by atoms with van der Waals surface area (Å²) in [5, 5.41) is 2.91. The van der Waals surface area contributed by atoms with Crippen molar-refractivity contribution in [1.29, 1.82) is 0 Å². The Morgan fingerprint density at radius 2 is 2.20 bits per heavy atom. The van der Waals surface area contributed by atoms with E-state index in [1.165, 1.54) is 19.2 Å². The molecule has 2 rings (SSSR count). The average Bonchev–Trinajstić information content (AvgIpc) is 3.13. The van der Waals surface area contributed by atoms with E-state index < -0.39 is 5.97 Å². The minimum Gasteiger partial charge on any atom is -0.493 e. The van der Waals surface area contributed by atoms with Crippen LogP contribution in [0.1, 0.15) is 30.1 Å². The molecular weight excluding hydrogens is 350 g/mol. The zero-order chi connectivity index (χ0) is 18.2. The summed E-state index contributed by atoms with van der Waals surface area (Å²) in [5.41, 5.74) is 0.178. The van der Waals surface area contributed by atoms with Gasteiger partial charge < -0.3 is 24.3 Å². The predicted molar refractivity (Wildman–Crippen MR) is 91.4 cm³/mol. The lowest BCUT2D eigenvalue weighted by Crippen LogP contribution is -2.34. The minimum absolute atomic E-state index is 0.0360. The fourth-order valence-corrected chi connectivity index (χ4v) is 2.69. The second kappa shape index (κ2) is 9.48. The molecule has 0 aromatic heterocycles. The number of amides is 1. The lowest BCUT2D eigenvalue weighted by molar-refractivity contribution is -0.124. The summed E-state index contributed by atoms with van der Waals surface area (Å²) in [5.74, 6) is -0.370. The molecule has 7 nitrogen and oxygen atoms in total. The van der Waals surface area contributed by atoms with E-state index >= 15 is 0 Å². The number of benzene rings is 1. The van der Waals surface area contributed by atoms with Gasteiger partial charge in [0.15, 0.2) is 18.1 Å². The molecule has 1 aliphatic heterocycles. The number of methoxy groups -OCH3 is 1. The molecule has 0 radical (unpaired) electrons. The molecule has 1 aromatic rings. The molecule has 138 valence electrons. The third-order valence-corrected chi connectivity index (χ3v) is 3.92. The highest BCUT2D eigenvalue weighted by Gasteiger charge is 2.19. The first kappa shape index (κ1) is 19.3. The lowest BCUT2D eigenvalue weighted by atomic mass is 10.2. The van der Waals surface area contributed by atoms with Crippen LogP contribution in [0.4, 0.5) is 0 Å². The van der Waals surface area contributed by atoms with E-state index in [9.17, 15) is 9.59 Å². The van der Waals surface area contributed by atoms with Crippen molar-refractivity contribution >= 4 is 23.5 Å². The normalized spacial score (nSPS) is 16.4. The summed E-state index contributed by atoms with van der Waals surface area (Å²) in [4.78, 5) is 23.9. The van der Waals surface area contributed by atoms with E-state index in [0.717, 1.165) is 19.4 Å². The van der Waals surface area contributed by atoms with Gasteiger partial charge in [-0.2, -0.15) is 0 Å². The van der Waals surface area contributed by atoms with E-state index in [1.54, 1.807) is 0 Å². The van der Waals surface area contributed by atoms with Gasteiger partial charge in [-0.25, -0.2) is 4.79 Å². The Morgan fingerprint density at radius 3 is 2.84 bits per heavy atom. The van der Waals surface area contributed by atoms with Crippen LogP contribution in [-0.2, 0) is 14.3 Å². The minimum atomic E-state index is -0.671. The highest BCUT2D eigenvalue weighted by atomic mass is 35.5. The fraction of sp³-hybridized carbons (Fsp3) is 0.529. The number of nitrogens with one attached hydrogen (secondary N) is 1. The van der Waals surface area contributed by atoms with Crippen molar-refractivity contribution in [2.75, 3.05) is 33.5 Å². The molecule has 1 amide bonds. The Labute approximate surface area is 151 Å². The molecule has 1 heterocycles. The van der Waals surface area contributed by atoms with Crippen molar-refractivity contribution in [2.24, 2.45) is 0 Å². The van der Waals surface area contributed by atoms with Gasteiger partial charge in [-0.1, -0.05) is 11.6 Å². The van der Waals surface area contributed by atoms with E-state index in [0.29, 0.717) is 24.7 Å². The maximum absolute atomic E-state index is 12.1. The van der Waals surface area contributed by atoms with Crippen molar-refractivity contribution in [2.45, 2.75) is 25.9 Å². The van der Waals surface area contributed by atoms with Crippen LogP contribution in [0.2, 0.25) is 5.02 Å². The number of carbonyl (C=O) groups excluding carboxylic acids is 2. The van der Waals surface area contributed by atoms with E-state index in [4.69, 9.17) is 30.5 Å². The van der Waals surface area contributed by atoms with Crippen LogP contribution in [0.15, 0.2) is 12.1 Å². The average molecular weight is 372 g/mol. The Morgan fingerprint density at radius 1 is 1.40 bits per heavy atom. The fourth-order valence-electron chi connectivity index (χ4n) is 2.42. The van der Waals surface area contributed by atoms with Crippen LogP contribution in [-0.4, -0.2) is 51.5 Å². The molecule has 1 saturated heterocycles. The molecule has 0 aliphatic carbocycles. The van der Waals surface area contributed by atoms with Crippen molar-refractivity contribution in [3.8, 4) is 11.5 Å². The number of hydrogen-bond donors (Lipinski definition) is 1. The Kier molecular flexibility index (Phi) is 7.33. The van der Waals surface area contributed by atoms with Crippen LogP contribution in [0, 0.1) is 0 Å². The van der Waals surface area contributed by atoms with Crippen molar-refractivity contribution in [3.05, 3.63) is 22.7 Å². The van der Waals surface area contributed by atoms with Crippen molar-refractivity contribution in [1.82, 2.24) is 5.32 Å². The van der Waals surface area contributed by atoms with Crippen molar-refractivity contribution in [3.63, 3.8) is 0 Å². The number of hydrogen-bond acceptors (Lipinski definition) is 6. The maximum Gasteiger partial charge on any atom is 0.338 e. The lowest BCUT2D eigenvalue weighted by Gasteiger charge is -2.13.